The van der Waals surface area contributed by atoms with Crippen LogP contribution in [0.2, 0.25) is 0 Å². The summed E-state index contributed by atoms with van der Waals surface area (Å²) >= 11 is 0. The fourth-order valence-corrected chi connectivity index (χ4v) is 2.84. The van der Waals surface area contributed by atoms with Crippen LogP contribution in [0.1, 0.15) is 46.1 Å². The number of primary amides is 1. The molecule has 1 fully saturated rings. The summed E-state index contributed by atoms with van der Waals surface area (Å²) in [6.07, 6.45) is 3.10. The molecule has 138 valence electrons. The Bertz CT molecular complexity index is 997. The summed E-state index contributed by atoms with van der Waals surface area (Å²) in [5, 5.41) is 4.00. The Morgan fingerprint density at radius 3 is 2.81 bits per heavy atom. The Labute approximate surface area is 154 Å². The van der Waals surface area contributed by atoms with Crippen LogP contribution in [0, 0.1) is 12.7 Å². The van der Waals surface area contributed by atoms with Gasteiger partial charge in [0.25, 0.3) is 5.91 Å². The fraction of sp³-hybridized carbons (Fsp3) is 0.263. The molecule has 7 nitrogen and oxygen atoms in total. The highest BCUT2D eigenvalue weighted by Gasteiger charge is 2.29. The van der Waals surface area contributed by atoms with Crippen molar-refractivity contribution in [2.24, 2.45) is 5.73 Å². The molecule has 0 spiro atoms. The lowest BCUT2D eigenvalue weighted by Gasteiger charge is -2.09. The molecule has 8 heteroatoms. The number of aryl methyl sites for hydroxylation is 1. The predicted molar refractivity (Wildman–Crippen MR) is 93.5 cm³/mol. The molecule has 0 saturated heterocycles. The monoisotopic (exact) mass is 368 g/mol. The van der Waals surface area contributed by atoms with Gasteiger partial charge in [0.1, 0.15) is 23.9 Å². The first kappa shape index (κ1) is 17.1. The average Bonchev–Trinajstić information content (AvgIpc) is 3.44. The molecule has 0 unspecified atom stereocenters. The Morgan fingerprint density at radius 1 is 1.33 bits per heavy atom. The van der Waals surface area contributed by atoms with Gasteiger partial charge in [-0.2, -0.15) is 0 Å². The van der Waals surface area contributed by atoms with Crippen molar-refractivity contribution in [1.29, 1.82) is 0 Å². The molecule has 4 rings (SSSR count). The van der Waals surface area contributed by atoms with Gasteiger partial charge in [-0.15, -0.1) is 0 Å². The standard InChI is InChI=1S/C19H17FN4O3/c1-10-14(18(24-27-10)15-6-4-12(20)8-22-15)9-26-16-7-5-13(19(21)25)17(23-16)11-2-3-11/h4-8,11H,2-3,9H2,1H3,(H2,21,25). The van der Waals surface area contributed by atoms with Crippen molar-refractivity contribution in [2.75, 3.05) is 0 Å². The van der Waals surface area contributed by atoms with Crippen LogP contribution >= 0.6 is 0 Å². The van der Waals surface area contributed by atoms with E-state index >= 15 is 0 Å². The number of ether oxygens (including phenoxy) is 1. The summed E-state index contributed by atoms with van der Waals surface area (Å²) in [6.45, 7) is 1.91. The smallest absolute Gasteiger partial charge is 0.250 e. The summed E-state index contributed by atoms with van der Waals surface area (Å²) < 4.78 is 24.2. The number of nitrogens with zero attached hydrogens (tertiary/aromatic N) is 3. The third-order valence-corrected chi connectivity index (χ3v) is 4.45. The highest BCUT2D eigenvalue weighted by Crippen LogP contribution is 2.41. The molecular formula is C19H17FN4O3. The first-order valence-electron chi connectivity index (χ1n) is 8.53. The van der Waals surface area contributed by atoms with Gasteiger partial charge in [0.05, 0.1) is 28.7 Å². The maximum absolute atomic E-state index is 13.1. The van der Waals surface area contributed by atoms with Gasteiger partial charge in [-0.05, 0) is 38.0 Å². The van der Waals surface area contributed by atoms with Crippen LogP contribution in [-0.4, -0.2) is 21.0 Å². The summed E-state index contributed by atoms with van der Waals surface area (Å²) in [7, 11) is 0. The maximum Gasteiger partial charge on any atom is 0.250 e. The number of carbonyl (C=O) groups excluding carboxylic acids is 1. The number of nitrogens with two attached hydrogens (primary N) is 1. The fourth-order valence-electron chi connectivity index (χ4n) is 2.84. The largest absolute Gasteiger partial charge is 0.473 e. The van der Waals surface area contributed by atoms with E-state index in [1.807, 2.05) is 0 Å². The van der Waals surface area contributed by atoms with Gasteiger partial charge in [-0.1, -0.05) is 5.16 Å². The van der Waals surface area contributed by atoms with Crippen molar-refractivity contribution >= 4 is 5.91 Å². The second-order valence-corrected chi connectivity index (χ2v) is 6.44. The van der Waals surface area contributed by atoms with Gasteiger partial charge in [-0.3, -0.25) is 9.78 Å². The van der Waals surface area contributed by atoms with Crippen molar-refractivity contribution in [3.63, 3.8) is 0 Å². The van der Waals surface area contributed by atoms with E-state index in [0.29, 0.717) is 39.8 Å². The van der Waals surface area contributed by atoms with Crippen LogP contribution in [-0.2, 0) is 6.61 Å². The van der Waals surface area contributed by atoms with Gasteiger partial charge in [0.15, 0.2) is 0 Å². The molecule has 1 saturated carbocycles. The second kappa shape index (κ2) is 6.79. The van der Waals surface area contributed by atoms with E-state index in [-0.39, 0.29) is 12.5 Å². The van der Waals surface area contributed by atoms with E-state index in [0.717, 1.165) is 19.0 Å². The number of pyridine rings is 2. The molecule has 0 atom stereocenters. The van der Waals surface area contributed by atoms with E-state index in [1.165, 1.54) is 12.1 Å². The average molecular weight is 368 g/mol. The topological polar surface area (TPSA) is 104 Å². The van der Waals surface area contributed by atoms with Gasteiger partial charge >= 0.3 is 0 Å². The van der Waals surface area contributed by atoms with E-state index in [2.05, 4.69) is 15.1 Å². The molecule has 2 N–H and O–H groups in total. The van der Waals surface area contributed by atoms with Crippen LogP contribution in [0.3, 0.4) is 0 Å². The lowest BCUT2D eigenvalue weighted by atomic mass is 10.1. The van der Waals surface area contributed by atoms with Crippen LogP contribution < -0.4 is 10.5 Å². The third-order valence-electron chi connectivity index (χ3n) is 4.45. The van der Waals surface area contributed by atoms with Crippen molar-refractivity contribution in [3.05, 3.63) is 58.9 Å². The van der Waals surface area contributed by atoms with Crippen LogP contribution in [0.4, 0.5) is 4.39 Å². The lowest BCUT2D eigenvalue weighted by molar-refractivity contribution is 0.0998. The molecule has 1 aliphatic rings. The summed E-state index contributed by atoms with van der Waals surface area (Å²) in [4.78, 5) is 20.1. The summed E-state index contributed by atoms with van der Waals surface area (Å²) in [5.74, 6) is 0.304. The molecule has 3 aromatic heterocycles. The van der Waals surface area contributed by atoms with Gasteiger partial charge in [0, 0.05) is 12.0 Å². The number of halogens is 1. The Hall–Kier alpha value is -3.29. The van der Waals surface area contributed by atoms with E-state index in [1.54, 1.807) is 19.1 Å². The number of rotatable bonds is 6. The minimum atomic E-state index is -0.490. The maximum atomic E-state index is 13.1. The third kappa shape index (κ3) is 3.51. The van der Waals surface area contributed by atoms with Crippen LogP contribution in [0.25, 0.3) is 11.4 Å². The predicted octanol–water partition coefficient (Wildman–Crippen LogP) is 3.13. The van der Waals surface area contributed by atoms with E-state index in [9.17, 15) is 9.18 Å². The Balaban J connectivity index is 1.57. The van der Waals surface area contributed by atoms with E-state index < -0.39 is 11.7 Å². The number of amides is 1. The number of carbonyl (C=O) groups is 1. The number of hydrogen-bond donors (Lipinski definition) is 1. The minimum Gasteiger partial charge on any atom is -0.473 e. The highest BCUT2D eigenvalue weighted by atomic mass is 19.1. The molecule has 0 radical (unpaired) electrons. The molecule has 3 heterocycles. The van der Waals surface area contributed by atoms with Gasteiger partial charge in [0.2, 0.25) is 5.88 Å². The first-order chi connectivity index (χ1) is 13.0. The SMILES string of the molecule is Cc1onc(-c2ccc(F)cn2)c1COc1ccc(C(N)=O)c(C2CC2)n1. The molecule has 0 aromatic carbocycles. The van der Waals surface area contributed by atoms with Crippen molar-refractivity contribution in [3.8, 4) is 17.3 Å². The quantitative estimate of drug-likeness (QED) is 0.717. The minimum absolute atomic E-state index is 0.150. The summed E-state index contributed by atoms with van der Waals surface area (Å²) in [6, 6.07) is 6.09. The molecule has 1 aliphatic carbocycles. The van der Waals surface area contributed by atoms with E-state index in [4.69, 9.17) is 15.0 Å². The normalized spacial score (nSPS) is 13.6. The number of aromatic nitrogens is 3. The Morgan fingerprint density at radius 2 is 2.15 bits per heavy atom. The van der Waals surface area contributed by atoms with Crippen molar-refractivity contribution in [1.82, 2.24) is 15.1 Å². The lowest BCUT2D eigenvalue weighted by Crippen LogP contribution is -2.15. The Kier molecular flexibility index (Phi) is 4.31. The zero-order chi connectivity index (χ0) is 19.0. The highest BCUT2D eigenvalue weighted by molar-refractivity contribution is 5.94. The second-order valence-electron chi connectivity index (χ2n) is 6.44. The zero-order valence-electron chi connectivity index (χ0n) is 14.6. The molecule has 0 aliphatic heterocycles. The van der Waals surface area contributed by atoms with Crippen LogP contribution in [0.15, 0.2) is 35.0 Å². The molecule has 27 heavy (non-hydrogen) atoms. The number of hydrogen-bond acceptors (Lipinski definition) is 6. The van der Waals surface area contributed by atoms with Gasteiger partial charge in [-0.25, -0.2) is 9.37 Å². The summed E-state index contributed by atoms with van der Waals surface area (Å²) in [5.41, 5.74) is 8.21. The van der Waals surface area contributed by atoms with Crippen LogP contribution in [0.5, 0.6) is 5.88 Å². The molecule has 1 amide bonds. The molecule has 3 aromatic rings. The zero-order valence-corrected chi connectivity index (χ0v) is 14.6. The van der Waals surface area contributed by atoms with Crippen molar-refractivity contribution in [2.45, 2.75) is 32.3 Å². The first-order valence-corrected chi connectivity index (χ1v) is 8.53. The van der Waals surface area contributed by atoms with Crippen molar-refractivity contribution < 1.29 is 18.4 Å². The molecular weight excluding hydrogens is 351 g/mol. The molecule has 0 bridgehead atoms. The van der Waals surface area contributed by atoms with Gasteiger partial charge < -0.3 is 15.0 Å².